The predicted octanol–water partition coefficient (Wildman–Crippen LogP) is 1.32. The summed E-state index contributed by atoms with van der Waals surface area (Å²) in [6, 6.07) is 0. The topological polar surface area (TPSA) is 81.7 Å². The fourth-order valence-corrected chi connectivity index (χ4v) is 3.42. The van der Waals surface area contributed by atoms with Gasteiger partial charge >= 0.3 is 0 Å². The van der Waals surface area contributed by atoms with E-state index in [9.17, 15) is 4.79 Å². The molecule has 1 aliphatic rings. The van der Waals surface area contributed by atoms with Crippen molar-refractivity contribution in [3.05, 3.63) is 48.4 Å². The van der Waals surface area contributed by atoms with Crippen molar-refractivity contribution in [2.24, 2.45) is 20.0 Å². The van der Waals surface area contributed by atoms with Gasteiger partial charge in [-0.2, -0.15) is 5.10 Å². The number of carbonyl (C=O) groups is 1. The van der Waals surface area contributed by atoms with Gasteiger partial charge in [0.15, 0.2) is 5.82 Å². The maximum atomic E-state index is 12.5. The summed E-state index contributed by atoms with van der Waals surface area (Å²) in [5.41, 5.74) is 2.35. The molecular formula is C18H21N7O. The van der Waals surface area contributed by atoms with Crippen molar-refractivity contribution in [3.63, 3.8) is 0 Å². The summed E-state index contributed by atoms with van der Waals surface area (Å²) in [6.07, 6.45) is 12.3. The standard InChI is InChI=1S/C18H21N7O/c1-23-6-4-20-17(23)16-10-19-9-15(22-16)7-13-3-5-25(11-13)18(26)14-8-21-24(2)12-14/h4,6,8-10,12-13H,3,5,7,11H2,1-2H3/t13-/m1/s1. The number of rotatable bonds is 4. The molecule has 134 valence electrons. The zero-order valence-electron chi connectivity index (χ0n) is 14.9. The zero-order chi connectivity index (χ0) is 18.1. The summed E-state index contributed by atoms with van der Waals surface area (Å²) < 4.78 is 3.58. The molecule has 1 atom stereocenters. The highest BCUT2D eigenvalue weighted by Gasteiger charge is 2.28. The summed E-state index contributed by atoms with van der Waals surface area (Å²) in [7, 11) is 3.76. The Kier molecular flexibility index (Phi) is 4.24. The minimum atomic E-state index is 0.0495. The third-order valence-corrected chi connectivity index (χ3v) is 4.76. The van der Waals surface area contributed by atoms with Crippen molar-refractivity contribution >= 4 is 5.91 Å². The fourth-order valence-electron chi connectivity index (χ4n) is 3.42. The van der Waals surface area contributed by atoms with Gasteiger partial charge in [0.05, 0.1) is 23.7 Å². The molecule has 0 unspecified atom stereocenters. The maximum Gasteiger partial charge on any atom is 0.257 e. The Morgan fingerprint density at radius 2 is 2.15 bits per heavy atom. The van der Waals surface area contributed by atoms with E-state index in [1.807, 2.05) is 29.8 Å². The van der Waals surface area contributed by atoms with Crippen molar-refractivity contribution in [2.45, 2.75) is 12.8 Å². The van der Waals surface area contributed by atoms with Gasteiger partial charge in [-0.3, -0.25) is 14.5 Å². The van der Waals surface area contributed by atoms with Crippen molar-refractivity contribution in [2.75, 3.05) is 13.1 Å². The molecule has 3 aromatic rings. The number of hydrogen-bond acceptors (Lipinski definition) is 5. The number of imidazole rings is 1. The molecule has 8 heteroatoms. The highest BCUT2D eigenvalue weighted by Crippen LogP contribution is 2.22. The van der Waals surface area contributed by atoms with Gasteiger partial charge in [0.1, 0.15) is 5.69 Å². The fraction of sp³-hybridized carbons (Fsp3) is 0.389. The van der Waals surface area contributed by atoms with Crippen LogP contribution in [0.1, 0.15) is 22.5 Å². The van der Waals surface area contributed by atoms with Crippen LogP contribution in [0.2, 0.25) is 0 Å². The number of amides is 1. The smallest absolute Gasteiger partial charge is 0.257 e. The van der Waals surface area contributed by atoms with E-state index in [2.05, 4.69) is 15.1 Å². The average Bonchev–Trinajstić information content (AvgIpc) is 3.36. The van der Waals surface area contributed by atoms with Crippen LogP contribution in [0.4, 0.5) is 0 Å². The second-order valence-electron chi connectivity index (χ2n) is 6.77. The molecule has 0 spiro atoms. The van der Waals surface area contributed by atoms with Crippen LogP contribution in [0.15, 0.2) is 37.2 Å². The van der Waals surface area contributed by atoms with E-state index in [4.69, 9.17) is 4.98 Å². The maximum absolute atomic E-state index is 12.5. The average molecular weight is 351 g/mol. The molecule has 8 nitrogen and oxygen atoms in total. The normalized spacial score (nSPS) is 17.0. The van der Waals surface area contributed by atoms with Gasteiger partial charge < -0.3 is 9.47 Å². The van der Waals surface area contributed by atoms with Crippen LogP contribution >= 0.6 is 0 Å². The van der Waals surface area contributed by atoms with E-state index in [-0.39, 0.29) is 5.91 Å². The molecule has 0 aliphatic carbocycles. The van der Waals surface area contributed by atoms with Crippen LogP contribution in [0.3, 0.4) is 0 Å². The molecule has 1 aliphatic heterocycles. The summed E-state index contributed by atoms with van der Waals surface area (Å²) in [5.74, 6) is 1.24. The molecule has 1 saturated heterocycles. The van der Waals surface area contributed by atoms with Crippen LogP contribution in [-0.4, -0.2) is 53.2 Å². The van der Waals surface area contributed by atoms with Crippen LogP contribution in [0, 0.1) is 5.92 Å². The van der Waals surface area contributed by atoms with E-state index < -0.39 is 0 Å². The van der Waals surface area contributed by atoms with Gasteiger partial charge in [0, 0.05) is 52.0 Å². The van der Waals surface area contributed by atoms with E-state index in [1.54, 1.807) is 35.7 Å². The van der Waals surface area contributed by atoms with Crippen molar-refractivity contribution < 1.29 is 4.79 Å². The van der Waals surface area contributed by atoms with Gasteiger partial charge in [0.25, 0.3) is 5.91 Å². The van der Waals surface area contributed by atoms with E-state index in [1.165, 1.54) is 0 Å². The van der Waals surface area contributed by atoms with Gasteiger partial charge in [-0.1, -0.05) is 0 Å². The summed E-state index contributed by atoms with van der Waals surface area (Å²) in [4.78, 5) is 27.8. The Labute approximate surface area is 151 Å². The van der Waals surface area contributed by atoms with E-state index in [0.717, 1.165) is 43.1 Å². The predicted molar refractivity (Wildman–Crippen MR) is 95.2 cm³/mol. The number of carbonyl (C=O) groups excluding carboxylic acids is 1. The molecule has 26 heavy (non-hydrogen) atoms. The molecule has 0 saturated carbocycles. The third-order valence-electron chi connectivity index (χ3n) is 4.76. The quantitative estimate of drug-likeness (QED) is 0.708. The van der Waals surface area contributed by atoms with E-state index >= 15 is 0 Å². The summed E-state index contributed by atoms with van der Waals surface area (Å²) in [5, 5.41) is 4.08. The number of nitrogens with zero attached hydrogens (tertiary/aromatic N) is 7. The first-order chi connectivity index (χ1) is 12.6. The molecule has 0 aromatic carbocycles. The zero-order valence-corrected chi connectivity index (χ0v) is 14.9. The Bertz CT molecular complexity index is 929. The molecule has 4 heterocycles. The van der Waals surface area contributed by atoms with Crippen molar-refractivity contribution in [3.8, 4) is 11.5 Å². The lowest BCUT2D eigenvalue weighted by atomic mass is 10.0. The Morgan fingerprint density at radius 3 is 2.88 bits per heavy atom. The van der Waals surface area contributed by atoms with Crippen LogP contribution < -0.4 is 0 Å². The first-order valence-corrected chi connectivity index (χ1v) is 8.66. The number of hydrogen-bond donors (Lipinski definition) is 0. The first-order valence-electron chi connectivity index (χ1n) is 8.66. The van der Waals surface area contributed by atoms with E-state index in [0.29, 0.717) is 11.5 Å². The summed E-state index contributed by atoms with van der Waals surface area (Å²) >= 11 is 0. The third kappa shape index (κ3) is 3.22. The lowest BCUT2D eigenvalue weighted by molar-refractivity contribution is 0.0787. The van der Waals surface area contributed by atoms with Gasteiger partial charge in [0.2, 0.25) is 0 Å². The molecule has 0 bridgehead atoms. The SMILES string of the molecule is Cn1cc(C(=O)N2CC[C@H](Cc3cncc(-c4nccn4C)n3)C2)cn1. The van der Waals surface area contributed by atoms with Crippen LogP contribution in [0.25, 0.3) is 11.5 Å². The summed E-state index contributed by atoms with van der Waals surface area (Å²) in [6.45, 7) is 1.51. The number of likely N-dealkylation sites (tertiary alicyclic amines) is 1. The van der Waals surface area contributed by atoms with Gasteiger partial charge in [-0.25, -0.2) is 9.97 Å². The lowest BCUT2D eigenvalue weighted by Crippen LogP contribution is -2.28. The van der Waals surface area contributed by atoms with Crippen molar-refractivity contribution in [1.29, 1.82) is 0 Å². The molecule has 1 fully saturated rings. The Hall–Kier alpha value is -3.03. The molecule has 4 rings (SSSR count). The minimum Gasteiger partial charge on any atom is -0.338 e. The highest BCUT2D eigenvalue weighted by atomic mass is 16.2. The molecule has 0 radical (unpaired) electrons. The first kappa shape index (κ1) is 16.4. The minimum absolute atomic E-state index is 0.0495. The van der Waals surface area contributed by atoms with Gasteiger partial charge in [-0.05, 0) is 18.8 Å². The molecular weight excluding hydrogens is 330 g/mol. The largest absolute Gasteiger partial charge is 0.338 e. The molecule has 3 aromatic heterocycles. The second kappa shape index (κ2) is 6.70. The van der Waals surface area contributed by atoms with Crippen molar-refractivity contribution in [1.82, 2.24) is 34.2 Å². The number of aromatic nitrogens is 6. The van der Waals surface area contributed by atoms with Gasteiger partial charge in [-0.15, -0.1) is 0 Å². The molecule has 0 N–H and O–H groups in total. The monoisotopic (exact) mass is 351 g/mol. The second-order valence-corrected chi connectivity index (χ2v) is 6.77. The van der Waals surface area contributed by atoms with Crippen LogP contribution in [0.5, 0.6) is 0 Å². The highest BCUT2D eigenvalue weighted by molar-refractivity contribution is 5.93. The van der Waals surface area contributed by atoms with Crippen LogP contribution in [-0.2, 0) is 20.5 Å². The Balaban J connectivity index is 1.43. The number of aryl methyl sites for hydroxylation is 2. The lowest BCUT2D eigenvalue weighted by Gasteiger charge is -2.15. The molecule has 1 amide bonds. The Morgan fingerprint density at radius 1 is 1.27 bits per heavy atom.